The Morgan fingerprint density at radius 1 is 1.18 bits per heavy atom. The van der Waals surface area contributed by atoms with Gasteiger partial charge >= 0.3 is 0 Å². The smallest absolute Gasteiger partial charge is 0.122 e. The minimum Gasteiger partial charge on any atom is -0.305 e. The van der Waals surface area contributed by atoms with Crippen molar-refractivity contribution in [2.24, 2.45) is 5.41 Å². The van der Waals surface area contributed by atoms with Crippen LogP contribution in [0, 0.1) is 5.41 Å². The quantitative estimate of drug-likeness (QED) is 0.497. The first-order chi connectivity index (χ1) is 5.12. The first-order valence-corrected chi connectivity index (χ1v) is 4.14. The van der Waals surface area contributed by atoms with Gasteiger partial charge in [0.1, 0.15) is 6.17 Å². The summed E-state index contributed by atoms with van der Waals surface area (Å²) in [4.78, 5) is 4.28. The lowest BCUT2D eigenvalue weighted by Gasteiger charge is -2.47. The van der Waals surface area contributed by atoms with Gasteiger partial charge in [-0.2, -0.15) is 0 Å². The summed E-state index contributed by atoms with van der Waals surface area (Å²) in [7, 11) is 4.05. The fraction of sp³-hybridized carbons (Fsp3) is 1.00. The van der Waals surface area contributed by atoms with Crippen LogP contribution >= 0.6 is 0 Å². The lowest BCUT2D eigenvalue weighted by molar-refractivity contribution is -0.0146. The molecule has 64 valence electrons. The van der Waals surface area contributed by atoms with E-state index in [0.29, 0.717) is 6.54 Å². The molecule has 2 heterocycles. The molecule has 1 atom stereocenters. The van der Waals surface area contributed by atoms with Crippen molar-refractivity contribution in [2.75, 3.05) is 40.3 Å². The molecular weight excluding hydrogens is 143 g/mol. The molecular formula is C8H15FN2. The molecule has 1 unspecified atom stereocenters. The van der Waals surface area contributed by atoms with Crippen LogP contribution < -0.4 is 0 Å². The van der Waals surface area contributed by atoms with Crippen LogP contribution in [-0.4, -0.2) is 56.2 Å². The van der Waals surface area contributed by atoms with Crippen LogP contribution in [0.5, 0.6) is 0 Å². The Hall–Kier alpha value is -0.150. The molecule has 0 aromatic heterocycles. The maximum atomic E-state index is 13.4. The number of nitrogens with zero attached hydrogens (tertiary/aromatic N) is 2. The van der Waals surface area contributed by atoms with E-state index in [1.807, 2.05) is 7.05 Å². The van der Waals surface area contributed by atoms with Crippen molar-refractivity contribution < 1.29 is 4.39 Å². The fourth-order valence-corrected chi connectivity index (χ4v) is 2.50. The maximum Gasteiger partial charge on any atom is 0.122 e. The van der Waals surface area contributed by atoms with Crippen LogP contribution in [0.25, 0.3) is 0 Å². The summed E-state index contributed by atoms with van der Waals surface area (Å²) in [6.07, 6.45) is -0.594. The van der Waals surface area contributed by atoms with Gasteiger partial charge in [0.2, 0.25) is 0 Å². The summed E-state index contributed by atoms with van der Waals surface area (Å²) in [6, 6.07) is 0. The average molecular weight is 158 g/mol. The number of halogens is 1. The highest BCUT2D eigenvalue weighted by Gasteiger charge is 2.52. The molecule has 11 heavy (non-hydrogen) atoms. The lowest BCUT2D eigenvalue weighted by atomic mass is 9.78. The largest absolute Gasteiger partial charge is 0.305 e. The number of alkyl halides is 1. The summed E-state index contributed by atoms with van der Waals surface area (Å²) in [5.41, 5.74) is 0.00347. The molecule has 1 spiro atoms. The monoisotopic (exact) mass is 158 g/mol. The highest BCUT2D eigenvalue weighted by molar-refractivity contribution is 5.05. The van der Waals surface area contributed by atoms with Gasteiger partial charge in [0.05, 0.1) is 0 Å². The van der Waals surface area contributed by atoms with Crippen molar-refractivity contribution >= 4 is 0 Å². The number of hydrogen-bond acceptors (Lipinski definition) is 2. The number of likely N-dealkylation sites (tertiary alicyclic amines) is 2. The standard InChI is InChI=1S/C8H15FN2/c1-10-3-7(9)8(4-10)5-11(2)6-8/h7H,3-6H2,1-2H3. The van der Waals surface area contributed by atoms with Crippen LogP contribution in [0.3, 0.4) is 0 Å². The SMILES string of the molecule is CN1CC(F)C2(C1)CN(C)C2. The van der Waals surface area contributed by atoms with Crippen LogP contribution in [0.15, 0.2) is 0 Å². The van der Waals surface area contributed by atoms with Crippen molar-refractivity contribution in [3.05, 3.63) is 0 Å². The third-order valence-corrected chi connectivity index (χ3v) is 2.89. The second-order valence-corrected chi connectivity index (χ2v) is 4.20. The minimum absolute atomic E-state index is 0.00347. The Morgan fingerprint density at radius 2 is 1.73 bits per heavy atom. The summed E-state index contributed by atoms with van der Waals surface area (Å²) in [6.45, 7) is 3.46. The summed E-state index contributed by atoms with van der Waals surface area (Å²) < 4.78 is 13.4. The average Bonchev–Trinajstić information content (AvgIpc) is 2.06. The van der Waals surface area contributed by atoms with E-state index in [0.717, 1.165) is 19.6 Å². The molecule has 0 aromatic carbocycles. The lowest BCUT2D eigenvalue weighted by Crippen LogP contribution is -2.59. The fourth-order valence-electron chi connectivity index (χ4n) is 2.50. The molecule has 0 saturated carbocycles. The third kappa shape index (κ3) is 0.983. The highest BCUT2D eigenvalue weighted by atomic mass is 19.1. The van der Waals surface area contributed by atoms with Gasteiger partial charge in [-0.25, -0.2) is 4.39 Å². The van der Waals surface area contributed by atoms with E-state index < -0.39 is 6.17 Å². The predicted octanol–water partition coefficient (Wildman–Crippen LogP) is 0.202. The van der Waals surface area contributed by atoms with E-state index in [-0.39, 0.29) is 5.41 Å². The van der Waals surface area contributed by atoms with E-state index in [1.165, 1.54) is 0 Å². The molecule has 3 heteroatoms. The van der Waals surface area contributed by atoms with E-state index in [9.17, 15) is 4.39 Å². The van der Waals surface area contributed by atoms with Gasteiger partial charge in [0.25, 0.3) is 0 Å². The van der Waals surface area contributed by atoms with Crippen LogP contribution in [0.4, 0.5) is 4.39 Å². The first-order valence-electron chi connectivity index (χ1n) is 4.14. The zero-order chi connectivity index (χ0) is 8.06. The van der Waals surface area contributed by atoms with Gasteiger partial charge in [0, 0.05) is 31.6 Å². The van der Waals surface area contributed by atoms with E-state index >= 15 is 0 Å². The molecule has 0 bridgehead atoms. The zero-order valence-corrected chi connectivity index (χ0v) is 7.18. The highest BCUT2D eigenvalue weighted by Crippen LogP contribution is 2.39. The Morgan fingerprint density at radius 3 is 2.09 bits per heavy atom. The second kappa shape index (κ2) is 2.17. The van der Waals surface area contributed by atoms with Gasteiger partial charge in [-0.3, -0.25) is 0 Å². The molecule has 2 nitrogen and oxygen atoms in total. The topological polar surface area (TPSA) is 6.48 Å². The maximum absolute atomic E-state index is 13.4. The van der Waals surface area contributed by atoms with Gasteiger partial charge in [-0.05, 0) is 14.1 Å². The molecule has 0 N–H and O–H groups in total. The van der Waals surface area contributed by atoms with Crippen molar-refractivity contribution in [1.82, 2.24) is 9.80 Å². The normalized spacial score (nSPS) is 37.9. The van der Waals surface area contributed by atoms with Crippen molar-refractivity contribution in [3.8, 4) is 0 Å². The van der Waals surface area contributed by atoms with E-state index in [4.69, 9.17) is 0 Å². The molecule has 2 rings (SSSR count). The van der Waals surface area contributed by atoms with Crippen LogP contribution in [0.1, 0.15) is 0 Å². The predicted molar refractivity (Wildman–Crippen MR) is 42.3 cm³/mol. The van der Waals surface area contributed by atoms with E-state index in [2.05, 4.69) is 16.8 Å². The summed E-state index contributed by atoms with van der Waals surface area (Å²) in [5, 5.41) is 0. The Labute approximate surface area is 67.0 Å². The second-order valence-electron chi connectivity index (χ2n) is 4.20. The van der Waals surface area contributed by atoms with Crippen LogP contribution in [-0.2, 0) is 0 Å². The molecule has 0 aliphatic carbocycles. The molecule has 0 amide bonds. The van der Waals surface area contributed by atoms with Gasteiger partial charge in [-0.15, -0.1) is 0 Å². The summed E-state index contributed by atoms with van der Waals surface area (Å²) >= 11 is 0. The summed E-state index contributed by atoms with van der Waals surface area (Å²) in [5.74, 6) is 0. The molecule has 0 aromatic rings. The van der Waals surface area contributed by atoms with Crippen molar-refractivity contribution in [3.63, 3.8) is 0 Å². The molecule has 0 radical (unpaired) electrons. The van der Waals surface area contributed by atoms with Crippen molar-refractivity contribution in [2.45, 2.75) is 6.17 Å². The minimum atomic E-state index is -0.594. The Balaban J connectivity index is 2.04. The number of rotatable bonds is 0. The van der Waals surface area contributed by atoms with Gasteiger partial charge < -0.3 is 9.80 Å². The van der Waals surface area contributed by atoms with Gasteiger partial charge in [-0.1, -0.05) is 0 Å². The Bertz CT molecular complexity index is 165. The van der Waals surface area contributed by atoms with Gasteiger partial charge in [0.15, 0.2) is 0 Å². The molecule has 2 aliphatic rings. The van der Waals surface area contributed by atoms with E-state index in [1.54, 1.807) is 0 Å². The first kappa shape index (κ1) is 7.50. The molecule has 2 saturated heterocycles. The number of hydrogen-bond donors (Lipinski definition) is 0. The zero-order valence-electron chi connectivity index (χ0n) is 7.18. The van der Waals surface area contributed by atoms with Crippen molar-refractivity contribution in [1.29, 1.82) is 0 Å². The van der Waals surface area contributed by atoms with Crippen LogP contribution in [0.2, 0.25) is 0 Å². The third-order valence-electron chi connectivity index (χ3n) is 2.89. The Kier molecular flexibility index (Phi) is 1.48. The molecule has 2 fully saturated rings. The molecule has 2 aliphatic heterocycles.